The Kier molecular flexibility index (Phi) is 5.84. The predicted molar refractivity (Wildman–Crippen MR) is 120 cm³/mol. The molecule has 0 saturated carbocycles. The molecule has 0 bridgehead atoms. The molecule has 0 spiro atoms. The van der Waals surface area contributed by atoms with Crippen LogP contribution in [0.2, 0.25) is 0 Å². The zero-order valence-corrected chi connectivity index (χ0v) is 17.4. The predicted octanol–water partition coefficient (Wildman–Crippen LogP) is 5.93. The molecule has 0 aromatic heterocycles. The standard InChI is InChI=1S/C27H31NO/c1-21-13-12-14-22(2)28(21)26(23-15-6-3-7-16-23)27(29,24-17-8-4-9-18-24)25-19-10-5-11-20-25/h3-11,15-22,26,29H,12-14H2,1-2H3/t21-,22+,26-/m1/s1. The van der Waals surface area contributed by atoms with Crippen LogP contribution in [0.25, 0.3) is 0 Å². The number of rotatable bonds is 5. The van der Waals surface area contributed by atoms with Crippen molar-refractivity contribution in [3.8, 4) is 0 Å². The normalized spacial score (nSPS) is 21.6. The van der Waals surface area contributed by atoms with E-state index in [1.807, 2.05) is 42.5 Å². The van der Waals surface area contributed by atoms with Crippen molar-refractivity contribution in [2.75, 3.05) is 0 Å². The molecule has 1 saturated heterocycles. The van der Waals surface area contributed by atoms with E-state index >= 15 is 0 Å². The fourth-order valence-corrected chi connectivity index (χ4v) is 5.08. The molecule has 1 aliphatic heterocycles. The Balaban J connectivity index is 1.96. The number of nitrogens with zero attached hydrogens (tertiary/aromatic N) is 1. The summed E-state index contributed by atoms with van der Waals surface area (Å²) in [6, 6.07) is 31.5. The first-order valence-electron chi connectivity index (χ1n) is 10.8. The van der Waals surface area contributed by atoms with Crippen molar-refractivity contribution in [2.24, 2.45) is 0 Å². The first-order chi connectivity index (χ1) is 14.1. The van der Waals surface area contributed by atoms with Gasteiger partial charge < -0.3 is 5.11 Å². The summed E-state index contributed by atoms with van der Waals surface area (Å²) in [7, 11) is 0. The molecule has 3 atom stereocenters. The summed E-state index contributed by atoms with van der Waals surface area (Å²) >= 11 is 0. The summed E-state index contributed by atoms with van der Waals surface area (Å²) < 4.78 is 0. The van der Waals surface area contributed by atoms with Crippen LogP contribution in [0.3, 0.4) is 0 Å². The fourth-order valence-electron chi connectivity index (χ4n) is 5.08. The number of piperidine rings is 1. The van der Waals surface area contributed by atoms with Gasteiger partial charge in [0.15, 0.2) is 0 Å². The lowest BCUT2D eigenvalue weighted by Gasteiger charge is -2.51. The molecular weight excluding hydrogens is 354 g/mol. The van der Waals surface area contributed by atoms with E-state index in [0.29, 0.717) is 12.1 Å². The number of hydrogen-bond acceptors (Lipinski definition) is 2. The molecule has 1 fully saturated rings. The zero-order chi connectivity index (χ0) is 20.3. The van der Waals surface area contributed by atoms with E-state index in [-0.39, 0.29) is 6.04 Å². The Morgan fingerprint density at radius 2 is 1.14 bits per heavy atom. The molecule has 0 aliphatic carbocycles. The highest BCUT2D eigenvalue weighted by molar-refractivity contribution is 5.41. The van der Waals surface area contributed by atoms with Crippen LogP contribution < -0.4 is 0 Å². The molecule has 29 heavy (non-hydrogen) atoms. The van der Waals surface area contributed by atoms with Gasteiger partial charge in [0.05, 0.1) is 6.04 Å². The van der Waals surface area contributed by atoms with Crippen molar-refractivity contribution < 1.29 is 5.11 Å². The van der Waals surface area contributed by atoms with Crippen LogP contribution in [0.15, 0.2) is 91.0 Å². The summed E-state index contributed by atoms with van der Waals surface area (Å²) in [6.07, 6.45) is 3.57. The Labute approximate surface area is 174 Å². The van der Waals surface area contributed by atoms with Gasteiger partial charge in [0, 0.05) is 12.1 Å². The fraction of sp³-hybridized carbons (Fsp3) is 0.333. The Hall–Kier alpha value is -2.42. The lowest BCUT2D eigenvalue weighted by Crippen LogP contribution is -2.53. The van der Waals surface area contributed by atoms with Crippen LogP contribution in [0.5, 0.6) is 0 Å². The summed E-state index contributed by atoms with van der Waals surface area (Å²) in [5.74, 6) is 0. The largest absolute Gasteiger partial charge is 0.378 e. The van der Waals surface area contributed by atoms with Crippen LogP contribution in [0.1, 0.15) is 55.8 Å². The van der Waals surface area contributed by atoms with Crippen molar-refractivity contribution >= 4 is 0 Å². The number of benzene rings is 3. The van der Waals surface area contributed by atoms with Crippen LogP contribution in [-0.4, -0.2) is 22.1 Å². The molecule has 1 heterocycles. The van der Waals surface area contributed by atoms with Crippen molar-refractivity contribution in [1.82, 2.24) is 4.90 Å². The maximum atomic E-state index is 12.6. The smallest absolute Gasteiger partial charge is 0.134 e. The average molecular weight is 386 g/mol. The highest BCUT2D eigenvalue weighted by atomic mass is 16.3. The number of likely N-dealkylation sites (tertiary alicyclic amines) is 1. The molecule has 150 valence electrons. The minimum atomic E-state index is -1.15. The van der Waals surface area contributed by atoms with Gasteiger partial charge in [0.2, 0.25) is 0 Å². The minimum absolute atomic E-state index is 0.168. The third kappa shape index (κ3) is 3.75. The van der Waals surface area contributed by atoms with E-state index in [1.165, 1.54) is 6.42 Å². The zero-order valence-electron chi connectivity index (χ0n) is 17.4. The number of hydrogen-bond donors (Lipinski definition) is 1. The van der Waals surface area contributed by atoms with Crippen LogP contribution >= 0.6 is 0 Å². The first-order valence-corrected chi connectivity index (χ1v) is 10.8. The molecular formula is C27H31NO. The summed E-state index contributed by atoms with van der Waals surface area (Å²) in [4.78, 5) is 2.55. The molecule has 1 aliphatic rings. The third-order valence-electron chi connectivity index (χ3n) is 6.50. The lowest BCUT2D eigenvalue weighted by molar-refractivity contribution is -0.0667. The quantitative estimate of drug-likeness (QED) is 0.589. The van der Waals surface area contributed by atoms with Gasteiger partial charge in [0.1, 0.15) is 5.60 Å². The van der Waals surface area contributed by atoms with Gasteiger partial charge in [0.25, 0.3) is 0 Å². The van der Waals surface area contributed by atoms with Gasteiger partial charge in [-0.05, 0) is 43.4 Å². The Bertz CT molecular complexity index is 844. The molecule has 0 amide bonds. The molecule has 0 unspecified atom stereocenters. The maximum Gasteiger partial charge on any atom is 0.134 e. The molecule has 1 N–H and O–H groups in total. The molecule has 3 aromatic rings. The van der Waals surface area contributed by atoms with Gasteiger partial charge in [-0.3, -0.25) is 4.90 Å². The SMILES string of the molecule is C[C@@H]1CCC[C@H](C)N1[C@H](c1ccccc1)C(O)(c1ccccc1)c1ccccc1. The molecule has 3 aromatic carbocycles. The summed E-state index contributed by atoms with van der Waals surface area (Å²) in [5, 5.41) is 12.6. The van der Waals surface area contributed by atoms with Crippen molar-refractivity contribution in [1.29, 1.82) is 0 Å². The lowest BCUT2D eigenvalue weighted by atomic mass is 9.74. The van der Waals surface area contributed by atoms with Crippen LogP contribution in [-0.2, 0) is 5.60 Å². The topological polar surface area (TPSA) is 23.5 Å². The Morgan fingerprint density at radius 3 is 1.59 bits per heavy atom. The van der Waals surface area contributed by atoms with Crippen molar-refractivity contribution in [2.45, 2.75) is 56.8 Å². The second kappa shape index (κ2) is 8.52. The highest BCUT2D eigenvalue weighted by Crippen LogP contribution is 2.47. The van der Waals surface area contributed by atoms with Crippen molar-refractivity contribution in [3.63, 3.8) is 0 Å². The van der Waals surface area contributed by atoms with E-state index in [9.17, 15) is 5.11 Å². The summed E-state index contributed by atoms with van der Waals surface area (Å²) in [5.41, 5.74) is 1.88. The van der Waals surface area contributed by atoms with E-state index in [0.717, 1.165) is 29.5 Å². The van der Waals surface area contributed by atoms with Crippen LogP contribution in [0, 0.1) is 0 Å². The maximum absolute atomic E-state index is 12.6. The Morgan fingerprint density at radius 1 is 0.724 bits per heavy atom. The highest BCUT2D eigenvalue weighted by Gasteiger charge is 2.47. The second-order valence-corrected chi connectivity index (χ2v) is 8.39. The summed E-state index contributed by atoms with van der Waals surface area (Å²) in [6.45, 7) is 4.62. The van der Waals surface area contributed by atoms with Gasteiger partial charge in [-0.15, -0.1) is 0 Å². The molecule has 0 radical (unpaired) electrons. The number of aliphatic hydroxyl groups is 1. The van der Waals surface area contributed by atoms with E-state index in [4.69, 9.17) is 0 Å². The molecule has 2 heteroatoms. The van der Waals surface area contributed by atoms with E-state index < -0.39 is 5.60 Å². The monoisotopic (exact) mass is 385 g/mol. The van der Waals surface area contributed by atoms with E-state index in [2.05, 4.69) is 67.3 Å². The van der Waals surface area contributed by atoms with Gasteiger partial charge in [-0.25, -0.2) is 0 Å². The first kappa shape index (κ1) is 19.9. The minimum Gasteiger partial charge on any atom is -0.378 e. The van der Waals surface area contributed by atoms with E-state index in [1.54, 1.807) is 0 Å². The third-order valence-corrected chi connectivity index (χ3v) is 6.50. The molecule has 2 nitrogen and oxygen atoms in total. The van der Waals surface area contributed by atoms with Gasteiger partial charge in [-0.1, -0.05) is 97.4 Å². The van der Waals surface area contributed by atoms with Crippen molar-refractivity contribution in [3.05, 3.63) is 108 Å². The van der Waals surface area contributed by atoms with Gasteiger partial charge >= 0.3 is 0 Å². The molecule has 4 rings (SSSR count). The van der Waals surface area contributed by atoms with Crippen LogP contribution in [0.4, 0.5) is 0 Å². The second-order valence-electron chi connectivity index (χ2n) is 8.39. The average Bonchev–Trinajstić information content (AvgIpc) is 2.78. The van der Waals surface area contributed by atoms with Gasteiger partial charge in [-0.2, -0.15) is 0 Å².